The number of thioether (sulfide) groups is 1. The van der Waals surface area contributed by atoms with Crippen LogP contribution in [0.2, 0.25) is 0 Å². The second-order valence-electron chi connectivity index (χ2n) is 4.19. The zero-order valence-corrected chi connectivity index (χ0v) is 9.03. The highest BCUT2D eigenvalue weighted by molar-refractivity contribution is 7.99. The summed E-state index contributed by atoms with van der Waals surface area (Å²) in [7, 11) is 0. The predicted molar refractivity (Wildman–Crippen MR) is 60.4 cm³/mol. The van der Waals surface area contributed by atoms with Gasteiger partial charge in [-0.2, -0.15) is 11.8 Å². The summed E-state index contributed by atoms with van der Waals surface area (Å²) in [5.74, 6) is 2.36. The SMILES string of the molecule is CC1(C)C=CC2=C(CCSC2)N=C1. The summed E-state index contributed by atoms with van der Waals surface area (Å²) in [5.41, 5.74) is 2.86. The first kappa shape index (κ1) is 9.07. The lowest BCUT2D eigenvalue weighted by Gasteiger charge is -2.12. The molecule has 0 aliphatic carbocycles. The first-order valence-corrected chi connectivity index (χ1v) is 5.87. The number of hydrogen-bond acceptors (Lipinski definition) is 2. The molecule has 0 atom stereocenters. The fourth-order valence-corrected chi connectivity index (χ4v) is 2.45. The minimum Gasteiger partial charge on any atom is -0.264 e. The van der Waals surface area contributed by atoms with Crippen LogP contribution in [0.3, 0.4) is 0 Å². The number of hydrogen-bond donors (Lipinski definition) is 0. The third-order valence-electron chi connectivity index (χ3n) is 2.38. The van der Waals surface area contributed by atoms with E-state index in [0.29, 0.717) is 0 Å². The lowest BCUT2D eigenvalue weighted by molar-refractivity contribution is 0.694. The van der Waals surface area contributed by atoms with Crippen molar-refractivity contribution in [2.45, 2.75) is 20.3 Å². The summed E-state index contributed by atoms with van der Waals surface area (Å²) in [5, 5.41) is 0. The molecule has 0 N–H and O–H groups in total. The summed E-state index contributed by atoms with van der Waals surface area (Å²) < 4.78 is 0. The van der Waals surface area contributed by atoms with Gasteiger partial charge in [0.2, 0.25) is 0 Å². The van der Waals surface area contributed by atoms with E-state index < -0.39 is 0 Å². The second-order valence-corrected chi connectivity index (χ2v) is 5.29. The van der Waals surface area contributed by atoms with Crippen LogP contribution >= 0.6 is 11.8 Å². The Kier molecular flexibility index (Phi) is 2.33. The van der Waals surface area contributed by atoms with Gasteiger partial charge in [0.15, 0.2) is 0 Å². The third-order valence-corrected chi connectivity index (χ3v) is 3.39. The molecular weight excluding hydrogens is 178 g/mol. The van der Waals surface area contributed by atoms with Crippen LogP contribution in [0.1, 0.15) is 20.3 Å². The molecular formula is C11H15NS. The molecule has 0 aromatic carbocycles. The van der Waals surface area contributed by atoms with Gasteiger partial charge >= 0.3 is 0 Å². The maximum atomic E-state index is 4.58. The highest BCUT2D eigenvalue weighted by atomic mass is 32.2. The normalized spacial score (nSPS) is 25.7. The molecule has 0 bridgehead atoms. The lowest BCUT2D eigenvalue weighted by atomic mass is 9.95. The van der Waals surface area contributed by atoms with Crippen LogP contribution in [0, 0.1) is 5.41 Å². The van der Waals surface area contributed by atoms with E-state index in [4.69, 9.17) is 0 Å². The zero-order valence-electron chi connectivity index (χ0n) is 8.21. The quantitative estimate of drug-likeness (QED) is 0.576. The lowest BCUT2D eigenvalue weighted by Crippen LogP contribution is -2.07. The fourth-order valence-electron chi connectivity index (χ4n) is 1.49. The number of allylic oxidation sites excluding steroid dienone is 3. The van der Waals surface area contributed by atoms with Crippen LogP contribution in [0.15, 0.2) is 28.4 Å². The van der Waals surface area contributed by atoms with Gasteiger partial charge in [0.05, 0.1) is 0 Å². The molecule has 1 nitrogen and oxygen atoms in total. The Morgan fingerprint density at radius 3 is 3.15 bits per heavy atom. The summed E-state index contributed by atoms with van der Waals surface area (Å²) in [6.45, 7) is 4.39. The van der Waals surface area contributed by atoms with E-state index in [1.165, 1.54) is 17.0 Å². The molecule has 2 heterocycles. The van der Waals surface area contributed by atoms with Crippen molar-refractivity contribution in [3.05, 3.63) is 23.4 Å². The minimum atomic E-state index is 0.127. The van der Waals surface area contributed by atoms with Crippen molar-refractivity contribution in [1.29, 1.82) is 0 Å². The predicted octanol–water partition coefficient (Wildman–Crippen LogP) is 3.04. The Balaban J connectivity index is 2.32. The molecule has 2 rings (SSSR count). The molecule has 0 saturated heterocycles. The van der Waals surface area contributed by atoms with Crippen molar-refractivity contribution in [2.24, 2.45) is 10.4 Å². The molecule has 2 aliphatic rings. The molecule has 70 valence electrons. The minimum absolute atomic E-state index is 0.127. The Hall–Kier alpha value is -0.500. The van der Waals surface area contributed by atoms with Gasteiger partial charge in [-0.05, 0) is 17.7 Å². The number of rotatable bonds is 0. The van der Waals surface area contributed by atoms with Gasteiger partial charge in [-0.25, -0.2) is 0 Å². The van der Waals surface area contributed by atoms with Crippen LogP contribution in [0.5, 0.6) is 0 Å². The average Bonchev–Trinajstić information content (AvgIpc) is 2.27. The smallest absolute Gasteiger partial charge is 0.0448 e. The van der Waals surface area contributed by atoms with Crippen molar-refractivity contribution in [1.82, 2.24) is 0 Å². The van der Waals surface area contributed by atoms with E-state index in [1.807, 2.05) is 11.8 Å². The van der Waals surface area contributed by atoms with Gasteiger partial charge in [-0.3, -0.25) is 4.99 Å². The average molecular weight is 193 g/mol. The largest absolute Gasteiger partial charge is 0.264 e. The van der Waals surface area contributed by atoms with Gasteiger partial charge in [-0.1, -0.05) is 26.0 Å². The van der Waals surface area contributed by atoms with Crippen LogP contribution < -0.4 is 0 Å². The van der Waals surface area contributed by atoms with Crippen molar-refractivity contribution in [3.8, 4) is 0 Å². The topological polar surface area (TPSA) is 12.4 Å². The van der Waals surface area contributed by atoms with Crippen molar-refractivity contribution in [2.75, 3.05) is 11.5 Å². The molecule has 13 heavy (non-hydrogen) atoms. The molecule has 0 aromatic rings. The number of nitrogens with zero attached hydrogens (tertiary/aromatic N) is 1. The van der Waals surface area contributed by atoms with E-state index in [0.717, 1.165) is 12.2 Å². The molecule has 0 fully saturated rings. The molecule has 2 heteroatoms. The van der Waals surface area contributed by atoms with Crippen molar-refractivity contribution >= 4 is 18.0 Å². The van der Waals surface area contributed by atoms with Crippen molar-refractivity contribution in [3.63, 3.8) is 0 Å². The standard InChI is InChI=1S/C11H15NS/c1-11(2)5-3-9-7-13-6-4-10(9)12-8-11/h3,5,8H,4,6-7H2,1-2H3. The highest BCUT2D eigenvalue weighted by Crippen LogP contribution is 2.29. The Morgan fingerprint density at radius 1 is 1.46 bits per heavy atom. The maximum Gasteiger partial charge on any atom is 0.0448 e. The zero-order chi connectivity index (χ0) is 9.31. The van der Waals surface area contributed by atoms with Crippen LogP contribution in [-0.2, 0) is 0 Å². The van der Waals surface area contributed by atoms with Gasteiger partial charge in [0.25, 0.3) is 0 Å². The summed E-state index contributed by atoms with van der Waals surface area (Å²) in [6.07, 6.45) is 7.72. The van der Waals surface area contributed by atoms with Crippen LogP contribution in [0.4, 0.5) is 0 Å². The van der Waals surface area contributed by atoms with Gasteiger partial charge in [-0.15, -0.1) is 0 Å². The first-order valence-electron chi connectivity index (χ1n) is 4.72. The second kappa shape index (κ2) is 3.33. The van der Waals surface area contributed by atoms with E-state index in [-0.39, 0.29) is 5.41 Å². The van der Waals surface area contributed by atoms with Crippen LogP contribution in [0.25, 0.3) is 0 Å². The molecule has 0 saturated carbocycles. The maximum absolute atomic E-state index is 4.58. The van der Waals surface area contributed by atoms with Crippen molar-refractivity contribution < 1.29 is 0 Å². The fraction of sp³-hybridized carbons (Fsp3) is 0.545. The number of aliphatic imine (C=N–C) groups is 1. The Morgan fingerprint density at radius 2 is 2.31 bits per heavy atom. The molecule has 2 aliphatic heterocycles. The monoisotopic (exact) mass is 193 g/mol. The Labute approximate surface area is 84.0 Å². The molecule has 0 radical (unpaired) electrons. The molecule has 0 unspecified atom stereocenters. The summed E-state index contributed by atoms with van der Waals surface area (Å²) in [6, 6.07) is 0. The van der Waals surface area contributed by atoms with E-state index in [9.17, 15) is 0 Å². The molecule has 0 aromatic heterocycles. The van der Waals surface area contributed by atoms with E-state index >= 15 is 0 Å². The molecule has 0 amide bonds. The summed E-state index contributed by atoms with van der Waals surface area (Å²) in [4.78, 5) is 4.58. The van der Waals surface area contributed by atoms with E-state index in [1.54, 1.807) is 0 Å². The first-order chi connectivity index (χ1) is 6.17. The Bertz CT molecular complexity index is 269. The van der Waals surface area contributed by atoms with Gasteiger partial charge < -0.3 is 0 Å². The van der Waals surface area contributed by atoms with Gasteiger partial charge in [0, 0.05) is 23.1 Å². The van der Waals surface area contributed by atoms with Crippen LogP contribution in [-0.4, -0.2) is 17.7 Å². The van der Waals surface area contributed by atoms with Gasteiger partial charge in [0.1, 0.15) is 0 Å². The van der Waals surface area contributed by atoms with E-state index in [2.05, 4.69) is 37.2 Å². The molecule has 0 spiro atoms. The summed E-state index contributed by atoms with van der Waals surface area (Å²) >= 11 is 2.01. The third kappa shape index (κ3) is 2.05. The highest BCUT2D eigenvalue weighted by Gasteiger charge is 2.17.